The van der Waals surface area contributed by atoms with Crippen LogP contribution in [0.15, 0.2) is 18.2 Å². The first-order chi connectivity index (χ1) is 16.8. The molecule has 0 unspecified atom stereocenters. The number of carbonyl (C=O) groups is 2. The van der Waals surface area contributed by atoms with E-state index < -0.39 is 12.3 Å². The van der Waals surface area contributed by atoms with Crippen molar-refractivity contribution in [1.82, 2.24) is 19.6 Å². The van der Waals surface area contributed by atoms with Crippen LogP contribution >= 0.6 is 0 Å². The van der Waals surface area contributed by atoms with Crippen LogP contribution in [-0.4, -0.2) is 88.0 Å². The number of carbonyl (C=O) groups excluding carboxylic acids is 2. The smallest absolute Gasteiger partial charge is 0.274 e. The highest BCUT2D eigenvalue weighted by Gasteiger charge is 2.35. The van der Waals surface area contributed by atoms with Crippen molar-refractivity contribution >= 4 is 17.5 Å². The summed E-state index contributed by atoms with van der Waals surface area (Å²) in [6, 6.07) is 6.33. The van der Waals surface area contributed by atoms with Gasteiger partial charge in [0.1, 0.15) is 12.7 Å². The van der Waals surface area contributed by atoms with Gasteiger partial charge in [-0.15, -0.1) is 0 Å². The third-order valence-corrected chi connectivity index (χ3v) is 7.84. The van der Waals surface area contributed by atoms with Gasteiger partial charge in [-0.05, 0) is 56.7 Å². The van der Waals surface area contributed by atoms with E-state index in [-0.39, 0.29) is 31.3 Å². The summed E-state index contributed by atoms with van der Waals surface area (Å²) < 4.78 is 15.7. The molecular weight excluding hydrogens is 449 g/mol. The Balaban J connectivity index is 1.25. The molecule has 2 saturated heterocycles. The normalized spacial score (nSPS) is 22.5. The van der Waals surface area contributed by atoms with Crippen LogP contribution in [0.1, 0.15) is 45.7 Å². The zero-order valence-corrected chi connectivity index (χ0v) is 20.5. The number of nitrogens with zero attached hydrogens (tertiary/aromatic N) is 5. The number of aromatic nitrogens is 2. The summed E-state index contributed by atoms with van der Waals surface area (Å²) in [5.41, 5.74) is 5.95. The Labute approximate surface area is 205 Å². The van der Waals surface area contributed by atoms with Gasteiger partial charge in [0, 0.05) is 49.7 Å². The highest BCUT2D eigenvalue weighted by molar-refractivity contribution is 5.94. The highest BCUT2D eigenvalue weighted by atomic mass is 19.1. The van der Waals surface area contributed by atoms with E-state index in [9.17, 15) is 19.1 Å². The molecule has 1 N–H and O–H groups in total. The second kappa shape index (κ2) is 9.60. The average molecular weight is 484 g/mol. The van der Waals surface area contributed by atoms with Crippen molar-refractivity contribution in [3.8, 4) is 0 Å². The largest absolute Gasteiger partial charge is 0.390 e. The monoisotopic (exact) mass is 483 g/mol. The average Bonchev–Trinajstić information content (AvgIpc) is 3.46. The number of likely N-dealkylation sites (tertiary alicyclic amines) is 1. The molecule has 0 spiro atoms. The summed E-state index contributed by atoms with van der Waals surface area (Å²) in [6.45, 7) is 7.42. The molecule has 3 aliphatic rings. The lowest BCUT2D eigenvalue weighted by molar-refractivity contribution is -0.132. The van der Waals surface area contributed by atoms with Crippen molar-refractivity contribution in [2.24, 2.45) is 0 Å². The summed E-state index contributed by atoms with van der Waals surface area (Å²) >= 11 is 0. The number of piperazine rings is 1. The number of amides is 2. The zero-order valence-electron chi connectivity index (χ0n) is 20.5. The minimum absolute atomic E-state index is 0.00623. The number of halogens is 1. The quantitative estimate of drug-likeness (QED) is 0.718. The maximum absolute atomic E-state index is 14.0. The summed E-state index contributed by atoms with van der Waals surface area (Å²) in [4.78, 5) is 32.0. The molecule has 1 aromatic heterocycles. The third-order valence-electron chi connectivity index (χ3n) is 7.84. The second-order valence-corrected chi connectivity index (χ2v) is 10.00. The van der Waals surface area contributed by atoms with Gasteiger partial charge < -0.3 is 19.8 Å². The van der Waals surface area contributed by atoms with Gasteiger partial charge >= 0.3 is 0 Å². The Hall–Kier alpha value is -2.94. The number of fused-ring (bicyclic) bond motifs is 1. The SMILES string of the molecule is Cc1cccc(N2CCN(C(=O)Cn3nc(C(=O)N4CC[C@@H](O)[C@H](F)C4)c4c3CCC4)CC2)c1C. The van der Waals surface area contributed by atoms with Gasteiger partial charge in [0.15, 0.2) is 5.69 Å². The summed E-state index contributed by atoms with van der Waals surface area (Å²) in [5.74, 6) is -0.294. The standard InChI is InChI=1S/C26H34FN5O3/c1-17-5-3-7-21(18(17)2)29-11-13-30(14-12-29)24(34)16-32-22-8-4-6-19(22)25(28-32)26(35)31-10-9-23(33)20(27)15-31/h3,5,7,20,23,33H,4,6,8-16H2,1-2H3/t20-,23-/m1/s1. The lowest BCUT2D eigenvalue weighted by Crippen LogP contribution is -2.50. The summed E-state index contributed by atoms with van der Waals surface area (Å²) in [6.07, 6.45) is 0.215. The summed E-state index contributed by atoms with van der Waals surface area (Å²) in [7, 11) is 0. The van der Waals surface area contributed by atoms with E-state index in [4.69, 9.17) is 0 Å². The van der Waals surface area contributed by atoms with E-state index in [0.29, 0.717) is 25.3 Å². The van der Waals surface area contributed by atoms with Gasteiger partial charge in [0.25, 0.3) is 5.91 Å². The van der Waals surface area contributed by atoms with E-state index >= 15 is 0 Å². The number of rotatable bonds is 4. The molecular formula is C26H34FN5O3. The van der Waals surface area contributed by atoms with E-state index in [2.05, 4.69) is 42.0 Å². The number of benzene rings is 1. The number of aliphatic hydroxyl groups excluding tert-OH is 1. The number of anilines is 1. The van der Waals surface area contributed by atoms with Crippen LogP contribution in [0.4, 0.5) is 10.1 Å². The number of aryl methyl sites for hydroxylation is 1. The second-order valence-electron chi connectivity index (χ2n) is 10.00. The molecule has 188 valence electrons. The van der Waals surface area contributed by atoms with E-state index in [1.54, 1.807) is 4.68 Å². The Morgan fingerprint density at radius 1 is 1.09 bits per heavy atom. The van der Waals surface area contributed by atoms with Crippen molar-refractivity contribution in [3.05, 3.63) is 46.3 Å². The summed E-state index contributed by atoms with van der Waals surface area (Å²) in [5, 5.41) is 14.2. The van der Waals surface area contributed by atoms with Gasteiger partial charge in [0.2, 0.25) is 5.91 Å². The molecule has 2 aliphatic heterocycles. The zero-order chi connectivity index (χ0) is 24.7. The molecule has 9 heteroatoms. The van der Waals surface area contributed by atoms with Crippen LogP contribution in [-0.2, 0) is 24.2 Å². The Morgan fingerprint density at radius 2 is 1.86 bits per heavy atom. The van der Waals surface area contributed by atoms with Crippen LogP contribution in [0, 0.1) is 13.8 Å². The first kappa shape index (κ1) is 23.8. The fourth-order valence-corrected chi connectivity index (χ4v) is 5.54. The molecule has 2 fully saturated rings. The Kier molecular flexibility index (Phi) is 6.53. The first-order valence-corrected chi connectivity index (χ1v) is 12.6. The van der Waals surface area contributed by atoms with Crippen LogP contribution in [0.5, 0.6) is 0 Å². The topological polar surface area (TPSA) is 81.9 Å². The van der Waals surface area contributed by atoms with Crippen LogP contribution in [0.25, 0.3) is 0 Å². The van der Waals surface area contributed by atoms with Gasteiger partial charge in [-0.2, -0.15) is 5.10 Å². The van der Waals surface area contributed by atoms with Gasteiger partial charge in [0.05, 0.1) is 12.6 Å². The highest BCUT2D eigenvalue weighted by Crippen LogP contribution is 2.28. The fraction of sp³-hybridized carbons (Fsp3) is 0.577. The molecule has 5 rings (SSSR count). The van der Waals surface area contributed by atoms with Crippen molar-refractivity contribution in [3.63, 3.8) is 0 Å². The molecule has 0 saturated carbocycles. The minimum Gasteiger partial charge on any atom is -0.390 e. The molecule has 2 amide bonds. The van der Waals surface area contributed by atoms with Crippen LogP contribution in [0.3, 0.4) is 0 Å². The predicted molar refractivity (Wildman–Crippen MR) is 130 cm³/mol. The predicted octanol–water partition coefficient (Wildman–Crippen LogP) is 1.88. The first-order valence-electron chi connectivity index (χ1n) is 12.6. The molecule has 0 bridgehead atoms. The maximum atomic E-state index is 14.0. The maximum Gasteiger partial charge on any atom is 0.274 e. The van der Waals surface area contributed by atoms with Gasteiger partial charge in [-0.25, -0.2) is 4.39 Å². The van der Waals surface area contributed by atoms with Gasteiger partial charge in [-0.3, -0.25) is 14.3 Å². The molecule has 2 atom stereocenters. The molecule has 1 aliphatic carbocycles. The number of piperidine rings is 1. The molecule has 1 aromatic carbocycles. The van der Waals surface area contributed by atoms with Crippen molar-refractivity contribution < 1.29 is 19.1 Å². The fourth-order valence-electron chi connectivity index (χ4n) is 5.54. The molecule has 0 radical (unpaired) electrons. The molecule has 3 heterocycles. The van der Waals surface area contributed by atoms with E-state index in [1.807, 2.05) is 4.90 Å². The third kappa shape index (κ3) is 4.53. The lowest BCUT2D eigenvalue weighted by atomic mass is 10.1. The number of alkyl halides is 1. The van der Waals surface area contributed by atoms with Crippen molar-refractivity contribution in [2.75, 3.05) is 44.2 Å². The minimum atomic E-state index is -1.44. The van der Waals surface area contributed by atoms with Crippen molar-refractivity contribution in [2.45, 2.75) is 58.4 Å². The van der Waals surface area contributed by atoms with E-state index in [0.717, 1.165) is 43.6 Å². The Morgan fingerprint density at radius 3 is 2.60 bits per heavy atom. The van der Waals surface area contributed by atoms with Crippen LogP contribution in [0.2, 0.25) is 0 Å². The molecule has 2 aromatic rings. The Bertz CT molecular complexity index is 1120. The van der Waals surface area contributed by atoms with E-state index in [1.165, 1.54) is 21.7 Å². The van der Waals surface area contributed by atoms with Crippen molar-refractivity contribution in [1.29, 1.82) is 0 Å². The number of hydrogen-bond acceptors (Lipinski definition) is 5. The van der Waals surface area contributed by atoms with Crippen LogP contribution < -0.4 is 4.90 Å². The van der Waals surface area contributed by atoms with Gasteiger partial charge in [-0.1, -0.05) is 12.1 Å². The number of hydrogen-bond donors (Lipinski definition) is 1. The molecule has 8 nitrogen and oxygen atoms in total. The number of aliphatic hydroxyl groups is 1. The lowest BCUT2D eigenvalue weighted by Gasteiger charge is -2.37. The molecule has 35 heavy (non-hydrogen) atoms.